The average Bonchev–Trinajstić information content (AvgIpc) is 4.00. The fraction of sp³-hybridized carbons (Fsp3) is 0.0816. The number of benzene rings is 5. The summed E-state index contributed by atoms with van der Waals surface area (Å²) in [7, 11) is 0. The van der Waals surface area contributed by atoms with Gasteiger partial charge in [-0.1, -0.05) is 146 Å². The number of nitrogens with one attached hydrogen (secondary N) is 2. The van der Waals surface area contributed by atoms with Gasteiger partial charge in [-0.3, -0.25) is 4.99 Å². The molecule has 4 nitrogen and oxygen atoms in total. The van der Waals surface area contributed by atoms with Crippen LogP contribution in [0.3, 0.4) is 0 Å². The molecule has 2 unspecified atom stereocenters. The molecule has 11 rings (SSSR count). The van der Waals surface area contributed by atoms with Crippen molar-refractivity contribution in [2.75, 3.05) is 0 Å². The topological polar surface area (TPSA) is 49.6 Å². The second-order valence-corrected chi connectivity index (χ2v) is 14.3. The molecular weight excluding hydrogens is 647 g/mol. The maximum atomic E-state index is 6.53. The monoisotopic (exact) mass is 681 g/mol. The summed E-state index contributed by atoms with van der Waals surface area (Å²) in [5.41, 5.74) is 17.7. The number of allylic oxidation sites excluding steroid dienone is 4. The van der Waals surface area contributed by atoms with Gasteiger partial charge < -0.3 is 15.1 Å². The number of aliphatic imine (C=N–C) groups is 1. The summed E-state index contributed by atoms with van der Waals surface area (Å²) in [6, 6.07) is 38.9. The van der Waals surface area contributed by atoms with Crippen LogP contribution in [0.2, 0.25) is 0 Å². The first-order chi connectivity index (χ1) is 26.2. The van der Waals surface area contributed by atoms with Gasteiger partial charge in [0.15, 0.2) is 5.42 Å². The zero-order valence-electron chi connectivity index (χ0n) is 29.0. The van der Waals surface area contributed by atoms with Gasteiger partial charge in [0, 0.05) is 27.4 Å². The first kappa shape index (κ1) is 30.0. The molecule has 0 spiro atoms. The van der Waals surface area contributed by atoms with Crippen LogP contribution < -0.4 is 21.3 Å². The van der Waals surface area contributed by atoms with E-state index in [-0.39, 0.29) is 12.1 Å². The van der Waals surface area contributed by atoms with Crippen molar-refractivity contribution in [1.29, 1.82) is 0 Å². The largest absolute Gasteiger partial charge is 0.454 e. The Morgan fingerprint density at radius 3 is 2.34 bits per heavy atom. The maximum absolute atomic E-state index is 6.53. The summed E-state index contributed by atoms with van der Waals surface area (Å²) in [6.45, 7) is 0. The van der Waals surface area contributed by atoms with E-state index < -0.39 is 0 Å². The minimum atomic E-state index is -0.142. The predicted octanol–water partition coefficient (Wildman–Crippen LogP) is 8.78. The van der Waals surface area contributed by atoms with Crippen molar-refractivity contribution in [3.05, 3.63) is 207 Å². The van der Waals surface area contributed by atoms with Gasteiger partial charge in [-0.15, -0.1) is 0 Å². The molecule has 4 heteroatoms. The Bertz CT molecular complexity index is 2810. The van der Waals surface area contributed by atoms with Crippen molar-refractivity contribution in [2.45, 2.75) is 24.9 Å². The number of hydrogen-bond acceptors (Lipinski definition) is 4. The van der Waals surface area contributed by atoms with Gasteiger partial charge in [-0.25, -0.2) is 0 Å². The van der Waals surface area contributed by atoms with Crippen LogP contribution in [0.15, 0.2) is 161 Å². The minimum absolute atomic E-state index is 0.0789. The summed E-state index contributed by atoms with van der Waals surface area (Å²) in [4.78, 5) is 5.31. The molecule has 6 aromatic rings. The Labute approximate surface area is 307 Å². The van der Waals surface area contributed by atoms with E-state index in [2.05, 4.69) is 168 Å². The highest BCUT2D eigenvalue weighted by atomic mass is 16.3. The number of para-hydroxylation sites is 1. The lowest BCUT2D eigenvalue weighted by Crippen LogP contribution is -2.44. The van der Waals surface area contributed by atoms with E-state index in [1.54, 1.807) is 0 Å². The van der Waals surface area contributed by atoms with Gasteiger partial charge in [-0.2, -0.15) is 0 Å². The molecule has 0 bridgehead atoms. The van der Waals surface area contributed by atoms with E-state index in [0.717, 1.165) is 68.7 Å². The highest BCUT2D eigenvalue weighted by Crippen LogP contribution is 2.39. The SMILES string of the molecule is C1=CC2=c3c(oc4ccccc34)=C(c3ccc(C4=NC(c5ccc(-c6cc7c(c8c6C=CC8)CC=C7)cc5)C=C(c5ccccc5)N4)cc3)NC2C=C1. The molecule has 0 saturated carbocycles. The molecule has 5 aliphatic rings. The summed E-state index contributed by atoms with van der Waals surface area (Å²) in [5.74, 6) is 0.849. The lowest BCUT2D eigenvalue weighted by Gasteiger charge is -2.25. The van der Waals surface area contributed by atoms with Crippen LogP contribution in [0.25, 0.3) is 51.2 Å². The molecule has 0 saturated heterocycles. The Morgan fingerprint density at radius 1 is 0.679 bits per heavy atom. The lowest BCUT2D eigenvalue weighted by atomic mass is 9.90. The molecule has 0 fully saturated rings. The molecular formula is C49H35N3O. The molecule has 1 aromatic heterocycles. The van der Waals surface area contributed by atoms with E-state index in [1.165, 1.54) is 44.2 Å². The number of nitrogens with zero attached hydrogens (tertiary/aromatic N) is 1. The van der Waals surface area contributed by atoms with Crippen LogP contribution in [0.4, 0.5) is 0 Å². The van der Waals surface area contributed by atoms with Crippen molar-refractivity contribution in [1.82, 2.24) is 10.6 Å². The van der Waals surface area contributed by atoms with Gasteiger partial charge in [0.25, 0.3) is 0 Å². The molecule has 0 radical (unpaired) electrons. The zero-order valence-corrected chi connectivity index (χ0v) is 29.0. The van der Waals surface area contributed by atoms with Gasteiger partial charge >= 0.3 is 0 Å². The second-order valence-electron chi connectivity index (χ2n) is 14.3. The van der Waals surface area contributed by atoms with Crippen molar-refractivity contribution in [3.63, 3.8) is 0 Å². The van der Waals surface area contributed by atoms with E-state index in [0.29, 0.717) is 0 Å². The quantitative estimate of drug-likeness (QED) is 0.191. The third-order valence-electron chi connectivity index (χ3n) is 11.2. The predicted molar refractivity (Wildman–Crippen MR) is 217 cm³/mol. The molecule has 2 N–H and O–H groups in total. The first-order valence-corrected chi connectivity index (χ1v) is 18.5. The van der Waals surface area contributed by atoms with Crippen molar-refractivity contribution in [3.8, 4) is 11.1 Å². The zero-order chi connectivity index (χ0) is 34.9. The molecule has 2 atom stereocenters. The Morgan fingerprint density at radius 2 is 1.45 bits per heavy atom. The van der Waals surface area contributed by atoms with E-state index >= 15 is 0 Å². The Kier molecular flexibility index (Phi) is 6.78. The van der Waals surface area contributed by atoms with Crippen LogP contribution in [0.5, 0.6) is 0 Å². The lowest BCUT2D eigenvalue weighted by molar-refractivity contribution is 0.562. The van der Waals surface area contributed by atoms with Crippen LogP contribution in [0, 0.1) is 0 Å². The molecule has 3 aliphatic carbocycles. The van der Waals surface area contributed by atoms with Crippen molar-refractivity contribution < 1.29 is 4.42 Å². The summed E-state index contributed by atoms with van der Waals surface area (Å²) >= 11 is 0. The number of hydrogen-bond donors (Lipinski definition) is 2. The summed E-state index contributed by atoms with van der Waals surface area (Å²) < 4.78 is 6.53. The fourth-order valence-electron chi connectivity index (χ4n) is 8.61. The highest BCUT2D eigenvalue weighted by Gasteiger charge is 2.25. The summed E-state index contributed by atoms with van der Waals surface area (Å²) in [6.07, 6.45) is 22.1. The maximum Gasteiger partial charge on any atom is 0.159 e. The van der Waals surface area contributed by atoms with Gasteiger partial charge in [0.1, 0.15) is 11.4 Å². The number of fused-ring (bicyclic) bond motifs is 7. The average molecular weight is 682 g/mol. The summed E-state index contributed by atoms with van der Waals surface area (Å²) in [5, 5.41) is 9.76. The Hall–Kier alpha value is -6.65. The minimum Gasteiger partial charge on any atom is -0.454 e. The van der Waals surface area contributed by atoms with Crippen LogP contribution in [0.1, 0.15) is 50.5 Å². The number of amidine groups is 1. The molecule has 5 aromatic carbocycles. The first-order valence-electron chi connectivity index (χ1n) is 18.5. The smallest absolute Gasteiger partial charge is 0.159 e. The molecule has 3 heterocycles. The third-order valence-corrected chi connectivity index (χ3v) is 11.2. The molecule has 252 valence electrons. The highest BCUT2D eigenvalue weighted by molar-refractivity contribution is 6.05. The third kappa shape index (κ3) is 4.94. The van der Waals surface area contributed by atoms with Crippen LogP contribution in [-0.2, 0) is 12.8 Å². The van der Waals surface area contributed by atoms with E-state index in [4.69, 9.17) is 9.41 Å². The van der Waals surface area contributed by atoms with Crippen LogP contribution >= 0.6 is 0 Å². The fourth-order valence-corrected chi connectivity index (χ4v) is 8.61. The van der Waals surface area contributed by atoms with Crippen LogP contribution in [-0.4, -0.2) is 11.9 Å². The molecule has 53 heavy (non-hydrogen) atoms. The molecule has 2 aliphatic heterocycles. The van der Waals surface area contributed by atoms with Gasteiger partial charge in [0.05, 0.1) is 17.8 Å². The standard InChI is InChI=1S/C49H35N3O/c1-2-10-31(11-3-1)43-29-44(32-22-20-30(21-23-32)41-28-35-12-8-15-36(35)37-16-9-17-38(37)41)52-49(51-43)34-26-24-33(25-27-34)47-48-46(39-13-4-6-18-42(39)50-47)40-14-5-7-19-45(40)53-48/h1-14,17-29,42,44,50H,15-16H2,(H,51,52). The van der Waals surface area contributed by atoms with E-state index in [9.17, 15) is 0 Å². The second kappa shape index (κ2) is 12.0. The normalized spacial score (nSPS) is 18.9. The van der Waals surface area contributed by atoms with Gasteiger partial charge in [0.2, 0.25) is 0 Å². The van der Waals surface area contributed by atoms with Gasteiger partial charge in [-0.05, 0) is 81.1 Å². The van der Waals surface area contributed by atoms with Crippen molar-refractivity contribution in [2.24, 2.45) is 4.99 Å². The number of rotatable bonds is 5. The molecule has 0 amide bonds. The number of furan rings is 1. The van der Waals surface area contributed by atoms with Crippen molar-refractivity contribution >= 4 is 45.9 Å². The Balaban J connectivity index is 0.969. The van der Waals surface area contributed by atoms with E-state index in [1.807, 2.05) is 6.07 Å².